The number of nitrogens with zero attached hydrogens (tertiary/aromatic N) is 1. The molecule has 1 saturated carbocycles. The van der Waals surface area contributed by atoms with Crippen LogP contribution in [-0.2, 0) is 6.42 Å². The highest BCUT2D eigenvalue weighted by Gasteiger charge is 2.43. The van der Waals surface area contributed by atoms with Crippen molar-refractivity contribution < 1.29 is 10.2 Å². The van der Waals surface area contributed by atoms with Crippen LogP contribution in [0.3, 0.4) is 0 Å². The molecule has 0 spiro atoms. The van der Waals surface area contributed by atoms with Crippen LogP contribution in [0.5, 0.6) is 0 Å². The summed E-state index contributed by atoms with van der Waals surface area (Å²) < 4.78 is 0. The van der Waals surface area contributed by atoms with Crippen LogP contribution in [0.4, 0.5) is 5.82 Å². The van der Waals surface area contributed by atoms with Crippen molar-refractivity contribution in [2.75, 3.05) is 11.9 Å². The molecule has 2 aliphatic carbocycles. The van der Waals surface area contributed by atoms with Crippen LogP contribution >= 0.6 is 0 Å². The summed E-state index contributed by atoms with van der Waals surface area (Å²) in [7, 11) is 0. The van der Waals surface area contributed by atoms with Crippen molar-refractivity contribution in [1.29, 1.82) is 0 Å². The lowest BCUT2D eigenvalue weighted by atomic mass is 9.88. The number of aromatic nitrogens is 1. The van der Waals surface area contributed by atoms with Crippen LogP contribution in [0.15, 0.2) is 72.5 Å². The largest absolute Gasteiger partial charge is 0.392 e. The van der Waals surface area contributed by atoms with Gasteiger partial charge in [0.15, 0.2) is 0 Å². The fraction of sp³-hybridized carbons (Fsp3) is 0.483. The molecule has 1 aromatic carbocycles. The Labute approximate surface area is 198 Å². The van der Waals surface area contributed by atoms with E-state index in [1.165, 1.54) is 24.8 Å². The number of benzene rings is 1. The Balaban J connectivity index is 1.18. The molecule has 4 heteroatoms. The molecule has 0 bridgehead atoms. The molecule has 4 nitrogen and oxygen atoms in total. The molecule has 176 valence electrons. The first kappa shape index (κ1) is 23.7. The maximum atomic E-state index is 10.6. The van der Waals surface area contributed by atoms with Gasteiger partial charge >= 0.3 is 0 Å². The first-order valence-corrected chi connectivity index (χ1v) is 12.5. The molecule has 0 aliphatic heterocycles. The molecule has 33 heavy (non-hydrogen) atoms. The van der Waals surface area contributed by atoms with Gasteiger partial charge in [0.1, 0.15) is 5.82 Å². The predicted molar refractivity (Wildman–Crippen MR) is 135 cm³/mol. The lowest BCUT2D eigenvalue weighted by Gasteiger charge is -2.19. The molecule has 1 fully saturated rings. The minimum Gasteiger partial charge on any atom is -0.392 e. The van der Waals surface area contributed by atoms with E-state index in [-0.39, 0.29) is 12.0 Å². The van der Waals surface area contributed by atoms with Gasteiger partial charge in [-0.25, -0.2) is 4.98 Å². The predicted octanol–water partition coefficient (Wildman–Crippen LogP) is 5.47. The SMILES string of the molecule is Cc1cccc(C[C@@H](O)C=C[C@@H]2[C@H]3CC(CCCCCNc4ccccn4)=C[C@H]3C[C@H]2O)c1. The number of pyridine rings is 1. The number of hydrogen-bond donors (Lipinski definition) is 3. The number of unbranched alkanes of at least 4 members (excludes halogenated alkanes) is 2. The van der Waals surface area contributed by atoms with Gasteiger partial charge < -0.3 is 15.5 Å². The fourth-order valence-corrected chi connectivity index (χ4v) is 5.53. The van der Waals surface area contributed by atoms with E-state index in [2.05, 4.69) is 47.6 Å². The van der Waals surface area contributed by atoms with Crippen LogP contribution in [0.25, 0.3) is 0 Å². The second-order valence-corrected chi connectivity index (χ2v) is 9.83. The average Bonchev–Trinajstić information content (AvgIpc) is 3.31. The maximum absolute atomic E-state index is 10.6. The topological polar surface area (TPSA) is 65.4 Å². The number of allylic oxidation sites excluding steroid dienone is 2. The quantitative estimate of drug-likeness (QED) is 0.316. The molecule has 0 radical (unpaired) electrons. The zero-order valence-electron chi connectivity index (χ0n) is 19.7. The summed E-state index contributed by atoms with van der Waals surface area (Å²) in [6.45, 7) is 3.04. The van der Waals surface area contributed by atoms with E-state index in [4.69, 9.17) is 0 Å². The van der Waals surface area contributed by atoms with E-state index in [1.54, 1.807) is 5.57 Å². The van der Waals surface area contributed by atoms with Gasteiger partial charge in [0.25, 0.3) is 0 Å². The summed E-state index contributed by atoms with van der Waals surface area (Å²) >= 11 is 0. The number of anilines is 1. The molecular formula is C29H38N2O2. The van der Waals surface area contributed by atoms with E-state index in [1.807, 2.05) is 36.5 Å². The molecule has 0 amide bonds. The molecule has 1 aromatic heterocycles. The highest BCUT2D eigenvalue weighted by Crippen LogP contribution is 2.48. The average molecular weight is 447 g/mol. The molecular weight excluding hydrogens is 408 g/mol. The van der Waals surface area contributed by atoms with Gasteiger partial charge in [-0.1, -0.05) is 66.1 Å². The Hall–Kier alpha value is -2.43. The Morgan fingerprint density at radius 2 is 2.06 bits per heavy atom. The van der Waals surface area contributed by atoms with E-state index < -0.39 is 6.10 Å². The third kappa shape index (κ3) is 6.78. The monoisotopic (exact) mass is 446 g/mol. The maximum Gasteiger partial charge on any atom is 0.125 e. The molecule has 2 aliphatic rings. The zero-order chi connectivity index (χ0) is 23.0. The number of aliphatic hydroxyl groups excluding tert-OH is 2. The molecule has 4 rings (SSSR count). The smallest absolute Gasteiger partial charge is 0.125 e. The van der Waals surface area contributed by atoms with E-state index in [9.17, 15) is 10.2 Å². The molecule has 2 aromatic rings. The number of aryl methyl sites for hydroxylation is 1. The summed E-state index contributed by atoms with van der Waals surface area (Å²) in [5.41, 5.74) is 3.93. The Bertz CT molecular complexity index is 940. The van der Waals surface area contributed by atoms with Gasteiger partial charge in [0.05, 0.1) is 12.2 Å². The summed E-state index contributed by atoms with van der Waals surface area (Å²) in [6, 6.07) is 14.2. The Kier molecular flexibility index (Phi) is 8.35. The molecule has 0 saturated heterocycles. The lowest BCUT2D eigenvalue weighted by molar-refractivity contribution is 0.140. The number of hydrogen-bond acceptors (Lipinski definition) is 4. The van der Waals surface area contributed by atoms with Gasteiger partial charge in [-0.2, -0.15) is 0 Å². The van der Waals surface area contributed by atoms with E-state index >= 15 is 0 Å². The molecule has 5 atom stereocenters. The number of nitrogens with one attached hydrogen (secondary N) is 1. The normalized spacial score (nSPS) is 25.2. The standard InChI is InChI=1S/C29H38N2O2/c1-21-8-7-10-22(16-21)18-25(32)12-13-26-27-19-23(17-24(27)20-28(26)33)9-3-2-5-14-30-29-11-4-6-15-31-29/h4,6-8,10-13,15-17,24-28,32-33H,2-3,5,9,14,18-20H2,1H3,(H,30,31)/t24-,25-,26+,27-,28+/m0/s1. The van der Waals surface area contributed by atoms with Gasteiger partial charge in [-0.3, -0.25) is 0 Å². The highest BCUT2D eigenvalue weighted by atomic mass is 16.3. The first-order valence-electron chi connectivity index (χ1n) is 12.5. The summed E-state index contributed by atoms with van der Waals surface area (Å²) in [5.74, 6) is 2.08. The van der Waals surface area contributed by atoms with Crippen molar-refractivity contribution in [2.24, 2.45) is 17.8 Å². The molecule has 3 N–H and O–H groups in total. The van der Waals surface area contributed by atoms with Gasteiger partial charge in [0, 0.05) is 25.1 Å². The Morgan fingerprint density at radius 3 is 2.88 bits per heavy atom. The van der Waals surface area contributed by atoms with Crippen molar-refractivity contribution in [3.05, 3.63) is 83.6 Å². The molecule has 1 heterocycles. The second kappa shape index (κ2) is 11.6. The van der Waals surface area contributed by atoms with Crippen LogP contribution in [0.2, 0.25) is 0 Å². The molecule has 0 unspecified atom stereocenters. The van der Waals surface area contributed by atoms with Gasteiger partial charge in [-0.05, 0) is 68.6 Å². The van der Waals surface area contributed by atoms with Gasteiger partial charge in [-0.15, -0.1) is 0 Å². The minimum atomic E-state index is -0.508. The van der Waals surface area contributed by atoms with Crippen molar-refractivity contribution in [3.63, 3.8) is 0 Å². The van der Waals surface area contributed by atoms with Crippen LogP contribution in [0, 0.1) is 24.7 Å². The summed E-state index contributed by atoms with van der Waals surface area (Å²) in [4.78, 5) is 4.29. The highest BCUT2D eigenvalue weighted by molar-refractivity contribution is 5.32. The first-order chi connectivity index (χ1) is 16.1. The van der Waals surface area contributed by atoms with Crippen molar-refractivity contribution >= 4 is 5.82 Å². The summed E-state index contributed by atoms with van der Waals surface area (Å²) in [6.07, 6.45) is 14.8. The third-order valence-corrected chi connectivity index (χ3v) is 7.18. The minimum absolute atomic E-state index is 0.151. The van der Waals surface area contributed by atoms with Crippen molar-refractivity contribution in [3.8, 4) is 0 Å². The van der Waals surface area contributed by atoms with Crippen molar-refractivity contribution in [1.82, 2.24) is 4.98 Å². The van der Waals surface area contributed by atoms with Crippen molar-refractivity contribution in [2.45, 2.75) is 64.1 Å². The third-order valence-electron chi connectivity index (χ3n) is 7.18. The zero-order valence-corrected chi connectivity index (χ0v) is 19.7. The van der Waals surface area contributed by atoms with Crippen LogP contribution in [-0.4, -0.2) is 33.9 Å². The number of fused-ring (bicyclic) bond motifs is 1. The van der Waals surface area contributed by atoms with Gasteiger partial charge in [0.2, 0.25) is 0 Å². The second-order valence-electron chi connectivity index (χ2n) is 9.83. The van der Waals surface area contributed by atoms with E-state index in [0.29, 0.717) is 18.3 Å². The fourth-order valence-electron chi connectivity index (χ4n) is 5.53. The Morgan fingerprint density at radius 1 is 1.15 bits per heavy atom. The van der Waals surface area contributed by atoms with E-state index in [0.717, 1.165) is 37.2 Å². The van der Waals surface area contributed by atoms with Crippen LogP contribution in [0.1, 0.15) is 49.7 Å². The number of aliphatic hydroxyl groups is 2. The summed E-state index contributed by atoms with van der Waals surface area (Å²) in [5, 5.41) is 24.5. The number of rotatable bonds is 11. The van der Waals surface area contributed by atoms with Crippen LogP contribution < -0.4 is 5.32 Å². The lowest BCUT2D eigenvalue weighted by Crippen LogP contribution is -2.18.